The highest BCUT2D eigenvalue weighted by Gasteiger charge is 2.16. The molecule has 0 radical (unpaired) electrons. The first kappa shape index (κ1) is 11.7. The van der Waals surface area contributed by atoms with E-state index in [0.29, 0.717) is 11.8 Å². The van der Waals surface area contributed by atoms with Crippen LogP contribution in [0.15, 0.2) is 42.7 Å². The lowest BCUT2D eigenvalue weighted by atomic mass is 10.2. The summed E-state index contributed by atoms with van der Waals surface area (Å²) in [5.74, 6) is 0.311. The number of hydrogen-bond acceptors (Lipinski definition) is 5. The Morgan fingerprint density at radius 1 is 1.22 bits per heavy atom. The van der Waals surface area contributed by atoms with Crippen molar-refractivity contribution in [1.82, 2.24) is 4.98 Å². The molecule has 2 aromatic rings. The zero-order valence-corrected chi connectivity index (χ0v) is 9.15. The number of para-hydroxylation sites is 1. The molecular weight excluding hydrogens is 236 g/mol. The molecule has 0 aliphatic heterocycles. The molecule has 6 heteroatoms. The van der Waals surface area contributed by atoms with E-state index in [4.69, 9.17) is 4.74 Å². The van der Waals surface area contributed by atoms with E-state index < -0.39 is 4.92 Å². The van der Waals surface area contributed by atoms with Crippen LogP contribution in [0.4, 0.5) is 5.69 Å². The zero-order chi connectivity index (χ0) is 13.0. The molecule has 0 aliphatic carbocycles. The fraction of sp³-hybridized carbons (Fsp3) is 0. The molecule has 0 bridgehead atoms. The predicted octanol–water partition coefficient (Wildman–Crippen LogP) is 2.59. The molecule has 2 rings (SSSR count). The lowest BCUT2D eigenvalue weighted by Crippen LogP contribution is -1.95. The normalized spacial score (nSPS) is 9.78. The number of ether oxygens (including phenoxy) is 1. The van der Waals surface area contributed by atoms with Gasteiger partial charge in [-0.3, -0.25) is 19.9 Å². The average Bonchev–Trinajstić information content (AvgIpc) is 2.40. The first-order valence-corrected chi connectivity index (χ1v) is 5.03. The third kappa shape index (κ3) is 2.32. The largest absolute Gasteiger partial charge is 0.449 e. The number of benzene rings is 1. The quantitative estimate of drug-likeness (QED) is 0.469. The molecule has 0 atom stereocenters. The third-order valence-corrected chi connectivity index (χ3v) is 2.22. The van der Waals surface area contributed by atoms with Gasteiger partial charge < -0.3 is 4.74 Å². The summed E-state index contributed by atoms with van der Waals surface area (Å²) >= 11 is 0. The number of rotatable bonds is 4. The number of carbonyl (C=O) groups excluding carboxylic acids is 1. The van der Waals surface area contributed by atoms with Gasteiger partial charge in [0.25, 0.3) is 0 Å². The minimum Gasteiger partial charge on any atom is -0.449 e. The molecule has 1 heterocycles. The van der Waals surface area contributed by atoms with Crippen LogP contribution >= 0.6 is 0 Å². The van der Waals surface area contributed by atoms with E-state index in [9.17, 15) is 14.9 Å². The summed E-state index contributed by atoms with van der Waals surface area (Å²) < 4.78 is 5.38. The van der Waals surface area contributed by atoms with E-state index in [2.05, 4.69) is 4.98 Å². The van der Waals surface area contributed by atoms with E-state index in [1.54, 1.807) is 24.3 Å². The molecule has 0 saturated carbocycles. The summed E-state index contributed by atoms with van der Waals surface area (Å²) in [6, 6.07) is 7.86. The zero-order valence-electron chi connectivity index (χ0n) is 9.15. The summed E-state index contributed by atoms with van der Waals surface area (Å²) in [4.78, 5) is 24.7. The smallest absolute Gasteiger partial charge is 0.329 e. The average molecular weight is 244 g/mol. The fourth-order valence-corrected chi connectivity index (χ4v) is 1.39. The van der Waals surface area contributed by atoms with E-state index >= 15 is 0 Å². The van der Waals surface area contributed by atoms with Crippen molar-refractivity contribution in [1.29, 1.82) is 0 Å². The number of pyridine rings is 1. The van der Waals surface area contributed by atoms with E-state index in [1.807, 2.05) is 0 Å². The number of aldehydes is 1. The Morgan fingerprint density at radius 3 is 2.72 bits per heavy atom. The molecule has 1 aromatic carbocycles. The summed E-state index contributed by atoms with van der Waals surface area (Å²) in [6.07, 6.45) is 3.10. The van der Waals surface area contributed by atoms with Crippen molar-refractivity contribution in [2.24, 2.45) is 0 Å². The lowest BCUT2D eigenvalue weighted by Gasteiger charge is -2.07. The van der Waals surface area contributed by atoms with Gasteiger partial charge in [0.05, 0.1) is 10.5 Å². The molecule has 0 spiro atoms. The Morgan fingerprint density at radius 2 is 2.00 bits per heavy atom. The SMILES string of the molecule is O=Cc1ccccc1Oc1ccncc1[N+](=O)[O-]. The van der Waals surface area contributed by atoms with Crippen LogP contribution in [0.25, 0.3) is 0 Å². The summed E-state index contributed by atoms with van der Waals surface area (Å²) in [6.45, 7) is 0. The van der Waals surface area contributed by atoms with Gasteiger partial charge in [0.1, 0.15) is 11.9 Å². The van der Waals surface area contributed by atoms with Gasteiger partial charge in [0.2, 0.25) is 5.75 Å². The van der Waals surface area contributed by atoms with Crippen LogP contribution in [0, 0.1) is 10.1 Å². The summed E-state index contributed by atoms with van der Waals surface area (Å²) in [7, 11) is 0. The van der Waals surface area contributed by atoms with Crippen LogP contribution in [-0.2, 0) is 0 Å². The highest BCUT2D eigenvalue weighted by Crippen LogP contribution is 2.31. The maximum absolute atomic E-state index is 10.8. The van der Waals surface area contributed by atoms with E-state index in [-0.39, 0.29) is 17.2 Å². The minimum absolute atomic E-state index is 0.0456. The molecular formula is C12H8N2O4. The highest BCUT2D eigenvalue weighted by atomic mass is 16.6. The third-order valence-electron chi connectivity index (χ3n) is 2.22. The summed E-state index contributed by atoms with van der Waals surface area (Å²) in [5.41, 5.74) is 0.0711. The standard InChI is InChI=1S/C12H8N2O4/c15-8-9-3-1-2-4-11(9)18-12-5-6-13-7-10(12)14(16)17/h1-8H. The van der Waals surface area contributed by atoms with Crippen LogP contribution in [0.1, 0.15) is 10.4 Å². The molecule has 18 heavy (non-hydrogen) atoms. The monoisotopic (exact) mass is 244 g/mol. The number of nitrogens with zero attached hydrogens (tertiary/aromatic N) is 2. The van der Waals surface area contributed by atoms with Gasteiger partial charge in [0.15, 0.2) is 6.29 Å². The van der Waals surface area contributed by atoms with Crippen LogP contribution in [0.5, 0.6) is 11.5 Å². The first-order valence-electron chi connectivity index (χ1n) is 5.03. The lowest BCUT2D eigenvalue weighted by molar-refractivity contribution is -0.386. The predicted molar refractivity (Wildman–Crippen MR) is 62.8 cm³/mol. The molecule has 0 aliphatic rings. The number of aromatic nitrogens is 1. The number of nitro groups is 1. The Kier molecular flexibility index (Phi) is 3.29. The van der Waals surface area contributed by atoms with Crippen molar-refractivity contribution in [3.8, 4) is 11.5 Å². The van der Waals surface area contributed by atoms with Crippen LogP contribution in [0.2, 0.25) is 0 Å². The van der Waals surface area contributed by atoms with Crippen LogP contribution in [0.3, 0.4) is 0 Å². The second kappa shape index (κ2) is 5.05. The Labute approximate surface area is 102 Å². The maximum atomic E-state index is 10.8. The second-order valence-electron chi connectivity index (χ2n) is 3.36. The van der Waals surface area contributed by atoms with Crippen molar-refractivity contribution >= 4 is 12.0 Å². The van der Waals surface area contributed by atoms with Gasteiger partial charge in [-0.25, -0.2) is 0 Å². The highest BCUT2D eigenvalue weighted by molar-refractivity contribution is 5.79. The number of carbonyl (C=O) groups is 1. The van der Waals surface area contributed by atoms with E-state index in [1.165, 1.54) is 12.3 Å². The topological polar surface area (TPSA) is 82.3 Å². The second-order valence-corrected chi connectivity index (χ2v) is 3.36. The van der Waals surface area contributed by atoms with Gasteiger partial charge in [-0.05, 0) is 12.1 Å². The first-order chi connectivity index (χ1) is 8.72. The molecule has 0 unspecified atom stereocenters. The van der Waals surface area contributed by atoms with Crippen molar-refractivity contribution in [2.75, 3.05) is 0 Å². The Bertz CT molecular complexity index is 598. The van der Waals surface area contributed by atoms with Crippen molar-refractivity contribution < 1.29 is 14.5 Å². The fourth-order valence-electron chi connectivity index (χ4n) is 1.39. The van der Waals surface area contributed by atoms with Crippen molar-refractivity contribution in [3.05, 3.63) is 58.4 Å². The van der Waals surface area contributed by atoms with Gasteiger partial charge in [0, 0.05) is 12.3 Å². The molecule has 0 saturated heterocycles. The molecule has 90 valence electrons. The molecule has 0 fully saturated rings. The van der Waals surface area contributed by atoms with Crippen molar-refractivity contribution in [3.63, 3.8) is 0 Å². The Hall–Kier alpha value is -2.76. The van der Waals surface area contributed by atoms with Gasteiger partial charge in [-0.1, -0.05) is 12.1 Å². The molecule has 0 amide bonds. The molecule has 0 N–H and O–H groups in total. The van der Waals surface area contributed by atoms with E-state index in [0.717, 1.165) is 6.20 Å². The van der Waals surface area contributed by atoms with Crippen molar-refractivity contribution in [2.45, 2.75) is 0 Å². The van der Waals surface area contributed by atoms with Gasteiger partial charge >= 0.3 is 5.69 Å². The summed E-state index contributed by atoms with van der Waals surface area (Å²) in [5, 5.41) is 10.8. The van der Waals surface area contributed by atoms with Crippen LogP contribution < -0.4 is 4.74 Å². The van der Waals surface area contributed by atoms with Crippen LogP contribution in [-0.4, -0.2) is 16.2 Å². The molecule has 6 nitrogen and oxygen atoms in total. The number of hydrogen-bond donors (Lipinski definition) is 0. The molecule has 1 aromatic heterocycles. The Balaban J connectivity index is 2.40. The maximum Gasteiger partial charge on any atom is 0.329 e. The van der Waals surface area contributed by atoms with Gasteiger partial charge in [-0.15, -0.1) is 0 Å². The minimum atomic E-state index is -0.591. The van der Waals surface area contributed by atoms with Gasteiger partial charge in [-0.2, -0.15) is 0 Å².